The van der Waals surface area contributed by atoms with Gasteiger partial charge in [-0.2, -0.15) is 5.10 Å². The summed E-state index contributed by atoms with van der Waals surface area (Å²) in [5, 5.41) is 6.94. The highest BCUT2D eigenvalue weighted by Gasteiger charge is 2.21. The first-order valence-electron chi connectivity index (χ1n) is 6.67. The van der Waals surface area contributed by atoms with Crippen LogP contribution in [0.4, 0.5) is 5.82 Å². The van der Waals surface area contributed by atoms with E-state index in [1.54, 1.807) is 13.0 Å². The van der Waals surface area contributed by atoms with Crippen molar-refractivity contribution in [2.45, 2.75) is 45.1 Å². The van der Waals surface area contributed by atoms with Crippen LogP contribution in [0, 0.1) is 0 Å². The summed E-state index contributed by atoms with van der Waals surface area (Å²) in [7, 11) is 2.04. The molecule has 0 aromatic carbocycles. The van der Waals surface area contributed by atoms with E-state index in [2.05, 4.69) is 15.1 Å². The van der Waals surface area contributed by atoms with Gasteiger partial charge < -0.3 is 9.64 Å². The number of carbonyl (C=O) groups excluding carboxylic acids is 1. The van der Waals surface area contributed by atoms with Gasteiger partial charge in [0.15, 0.2) is 5.82 Å². The zero-order valence-corrected chi connectivity index (χ0v) is 11.1. The Bertz CT molecular complexity index is 397. The van der Waals surface area contributed by atoms with Crippen molar-refractivity contribution >= 4 is 11.8 Å². The van der Waals surface area contributed by atoms with E-state index in [9.17, 15) is 4.79 Å². The maximum atomic E-state index is 11.5. The van der Waals surface area contributed by atoms with Crippen LogP contribution < -0.4 is 4.90 Å². The van der Waals surface area contributed by atoms with Crippen molar-refractivity contribution < 1.29 is 9.53 Å². The molecule has 1 fully saturated rings. The fourth-order valence-electron chi connectivity index (χ4n) is 2.46. The lowest BCUT2D eigenvalue weighted by Crippen LogP contribution is -2.33. The number of nitrogens with zero attached hydrogens (tertiary/aromatic N) is 2. The van der Waals surface area contributed by atoms with E-state index in [0.717, 1.165) is 5.82 Å². The van der Waals surface area contributed by atoms with Crippen molar-refractivity contribution in [3.05, 3.63) is 11.8 Å². The van der Waals surface area contributed by atoms with Crippen molar-refractivity contribution in [2.24, 2.45) is 0 Å². The third kappa shape index (κ3) is 2.83. The average molecular weight is 251 g/mol. The number of hydrogen-bond donors (Lipinski definition) is 1. The summed E-state index contributed by atoms with van der Waals surface area (Å²) in [5.74, 6) is 0.484. The smallest absolute Gasteiger partial charge is 0.356 e. The van der Waals surface area contributed by atoms with E-state index in [-0.39, 0.29) is 5.97 Å². The van der Waals surface area contributed by atoms with Crippen LogP contribution in [0.2, 0.25) is 0 Å². The first-order valence-corrected chi connectivity index (χ1v) is 6.67. The monoisotopic (exact) mass is 251 g/mol. The van der Waals surface area contributed by atoms with Crippen LogP contribution in [-0.4, -0.2) is 35.9 Å². The zero-order chi connectivity index (χ0) is 13.0. The van der Waals surface area contributed by atoms with Crippen molar-refractivity contribution in [1.29, 1.82) is 0 Å². The second kappa shape index (κ2) is 5.89. The molecule has 1 aromatic rings. The van der Waals surface area contributed by atoms with Crippen molar-refractivity contribution in [3.63, 3.8) is 0 Å². The Balaban J connectivity index is 2.02. The highest BCUT2D eigenvalue weighted by molar-refractivity contribution is 5.88. The molecule has 18 heavy (non-hydrogen) atoms. The average Bonchev–Trinajstić information content (AvgIpc) is 2.89. The molecule has 0 amide bonds. The number of nitrogens with one attached hydrogen (secondary N) is 1. The summed E-state index contributed by atoms with van der Waals surface area (Å²) in [6.45, 7) is 2.18. The highest BCUT2D eigenvalue weighted by Crippen LogP contribution is 2.25. The van der Waals surface area contributed by atoms with Gasteiger partial charge in [-0.15, -0.1) is 0 Å². The minimum atomic E-state index is -0.340. The van der Waals surface area contributed by atoms with Gasteiger partial charge in [0.2, 0.25) is 0 Å². The van der Waals surface area contributed by atoms with Crippen LogP contribution in [-0.2, 0) is 4.74 Å². The Morgan fingerprint density at radius 2 is 2.22 bits per heavy atom. The molecule has 100 valence electrons. The molecular formula is C13H21N3O2. The number of H-pyrrole nitrogens is 1. The predicted molar refractivity (Wildman–Crippen MR) is 69.8 cm³/mol. The number of ether oxygens (including phenoxy) is 1. The van der Waals surface area contributed by atoms with E-state index in [1.165, 1.54) is 32.1 Å². The lowest BCUT2D eigenvalue weighted by Gasteiger charge is -2.31. The number of esters is 1. The molecule has 0 bridgehead atoms. The fourth-order valence-corrected chi connectivity index (χ4v) is 2.46. The van der Waals surface area contributed by atoms with Crippen molar-refractivity contribution in [3.8, 4) is 0 Å². The molecule has 0 aliphatic heterocycles. The summed E-state index contributed by atoms with van der Waals surface area (Å²) in [5.41, 5.74) is 0.425. The molecule has 1 aliphatic rings. The molecule has 5 heteroatoms. The van der Waals surface area contributed by atoms with Gasteiger partial charge >= 0.3 is 5.97 Å². The van der Waals surface area contributed by atoms with Crippen LogP contribution in [0.5, 0.6) is 0 Å². The first kappa shape index (κ1) is 12.9. The van der Waals surface area contributed by atoms with Gasteiger partial charge in [-0.25, -0.2) is 4.79 Å². The molecular weight excluding hydrogens is 230 g/mol. The maximum Gasteiger partial charge on any atom is 0.356 e. The van der Waals surface area contributed by atoms with Gasteiger partial charge in [-0.3, -0.25) is 5.10 Å². The molecule has 2 rings (SSSR count). The Kier molecular flexibility index (Phi) is 4.23. The molecule has 0 radical (unpaired) electrons. The Labute approximate surface area is 108 Å². The van der Waals surface area contributed by atoms with E-state index >= 15 is 0 Å². The van der Waals surface area contributed by atoms with Crippen LogP contribution in [0.25, 0.3) is 0 Å². The quantitative estimate of drug-likeness (QED) is 0.835. The lowest BCUT2D eigenvalue weighted by molar-refractivity contribution is 0.0519. The van der Waals surface area contributed by atoms with E-state index in [0.29, 0.717) is 18.3 Å². The highest BCUT2D eigenvalue weighted by atomic mass is 16.5. The third-order valence-electron chi connectivity index (χ3n) is 3.54. The molecule has 0 saturated heterocycles. The predicted octanol–water partition coefficient (Wildman–Crippen LogP) is 2.36. The number of aromatic amines is 1. The van der Waals surface area contributed by atoms with E-state index in [1.807, 2.05) is 7.05 Å². The topological polar surface area (TPSA) is 58.2 Å². The first-order chi connectivity index (χ1) is 8.72. The minimum absolute atomic E-state index is 0.340. The van der Waals surface area contributed by atoms with E-state index in [4.69, 9.17) is 4.74 Å². The number of rotatable bonds is 4. The van der Waals surface area contributed by atoms with Gasteiger partial charge in [0, 0.05) is 19.2 Å². The summed E-state index contributed by atoms with van der Waals surface area (Å²) in [6.07, 6.45) is 6.31. The number of carbonyl (C=O) groups is 1. The van der Waals surface area contributed by atoms with Crippen molar-refractivity contribution in [2.75, 3.05) is 18.6 Å². The number of aromatic nitrogens is 2. The zero-order valence-electron chi connectivity index (χ0n) is 11.1. The Hall–Kier alpha value is -1.52. The Morgan fingerprint density at radius 3 is 2.89 bits per heavy atom. The SMILES string of the molecule is CCOC(=O)c1cc(N(C)C2CCCCC2)n[nH]1. The van der Waals surface area contributed by atoms with E-state index < -0.39 is 0 Å². The molecule has 0 unspecified atom stereocenters. The molecule has 1 heterocycles. The lowest BCUT2D eigenvalue weighted by atomic mass is 9.94. The second-order valence-corrected chi connectivity index (χ2v) is 4.76. The maximum absolute atomic E-state index is 11.5. The molecule has 5 nitrogen and oxygen atoms in total. The minimum Gasteiger partial charge on any atom is -0.461 e. The van der Waals surface area contributed by atoms with Gasteiger partial charge in [0.05, 0.1) is 6.61 Å². The molecule has 0 atom stereocenters. The molecule has 1 aromatic heterocycles. The third-order valence-corrected chi connectivity index (χ3v) is 3.54. The summed E-state index contributed by atoms with van der Waals surface area (Å²) in [4.78, 5) is 13.7. The second-order valence-electron chi connectivity index (χ2n) is 4.76. The molecule has 1 N–H and O–H groups in total. The van der Waals surface area contributed by atoms with Gasteiger partial charge in [-0.05, 0) is 19.8 Å². The van der Waals surface area contributed by atoms with Crippen LogP contribution in [0.3, 0.4) is 0 Å². The summed E-state index contributed by atoms with van der Waals surface area (Å²) < 4.78 is 4.94. The Morgan fingerprint density at radius 1 is 1.50 bits per heavy atom. The number of hydrogen-bond acceptors (Lipinski definition) is 4. The molecule has 0 spiro atoms. The van der Waals surface area contributed by atoms with Crippen LogP contribution in [0.1, 0.15) is 49.5 Å². The summed E-state index contributed by atoms with van der Waals surface area (Å²) >= 11 is 0. The van der Waals surface area contributed by atoms with Crippen LogP contribution >= 0.6 is 0 Å². The molecule has 1 saturated carbocycles. The van der Waals surface area contributed by atoms with Gasteiger partial charge in [0.25, 0.3) is 0 Å². The summed E-state index contributed by atoms with van der Waals surface area (Å²) in [6, 6.07) is 2.31. The normalized spacial score (nSPS) is 16.6. The largest absolute Gasteiger partial charge is 0.461 e. The van der Waals surface area contributed by atoms with Gasteiger partial charge in [0.1, 0.15) is 5.69 Å². The molecule has 1 aliphatic carbocycles. The standard InChI is InChI=1S/C13H21N3O2/c1-3-18-13(17)11-9-12(15-14-11)16(2)10-7-5-4-6-8-10/h9-10H,3-8H2,1-2H3,(H,14,15). The van der Waals surface area contributed by atoms with Crippen LogP contribution in [0.15, 0.2) is 6.07 Å². The van der Waals surface area contributed by atoms with Crippen molar-refractivity contribution in [1.82, 2.24) is 10.2 Å². The fraction of sp³-hybridized carbons (Fsp3) is 0.692. The van der Waals surface area contributed by atoms with Gasteiger partial charge in [-0.1, -0.05) is 19.3 Å². The number of anilines is 1.